The van der Waals surface area contributed by atoms with Crippen LogP contribution in [0.4, 0.5) is 11.9 Å². The highest BCUT2D eigenvalue weighted by atomic mass is 16.5. The van der Waals surface area contributed by atoms with Crippen molar-refractivity contribution in [3.63, 3.8) is 0 Å². The second kappa shape index (κ2) is 6.87. The fourth-order valence-electron chi connectivity index (χ4n) is 2.15. The monoisotopic (exact) mass is 300 g/mol. The van der Waals surface area contributed by atoms with E-state index in [-0.39, 0.29) is 5.82 Å². The first-order valence-corrected chi connectivity index (χ1v) is 7.10. The topological polar surface area (TPSA) is 100 Å². The zero-order chi connectivity index (χ0) is 15.2. The molecule has 0 saturated carbocycles. The predicted octanol–water partition coefficient (Wildman–Crippen LogP) is 0.827. The molecule has 3 rings (SSSR count). The molecule has 0 radical (unpaired) electrons. The smallest absolute Gasteiger partial charge is 0.238 e. The number of nitrogens with zero attached hydrogens (tertiary/aromatic N) is 5. The average Bonchev–Trinajstić information content (AvgIpc) is 3.09. The summed E-state index contributed by atoms with van der Waals surface area (Å²) in [5.74, 6) is 1.91. The fourth-order valence-corrected chi connectivity index (χ4v) is 2.15. The minimum absolute atomic E-state index is 0.108. The van der Waals surface area contributed by atoms with Gasteiger partial charge in [0.15, 0.2) is 0 Å². The van der Waals surface area contributed by atoms with Gasteiger partial charge in [0.1, 0.15) is 11.8 Å². The van der Waals surface area contributed by atoms with Crippen LogP contribution in [0.25, 0.3) is 0 Å². The van der Waals surface area contributed by atoms with Crippen molar-refractivity contribution in [2.75, 3.05) is 43.1 Å². The van der Waals surface area contributed by atoms with Crippen LogP contribution >= 0.6 is 0 Å². The largest absolute Gasteiger partial charge is 0.469 e. The number of rotatable bonds is 5. The Morgan fingerprint density at radius 3 is 2.86 bits per heavy atom. The summed E-state index contributed by atoms with van der Waals surface area (Å²) in [6, 6.07) is 5.73. The summed E-state index contributed by atoms with van der Waals surface area (Å²) < 4.78 is 10.6. The van der Waals surface area contributed by atoms with Crippen LogP contribution in [0.1, 0.15) is 11.6 Å². The van der Waals surface area contributed by atoms with E-state index in [1.54, 1.807) is 6.26 Å². The van der Waals surface area contributed by atoms with Crippen molar-refractivity contribution in [2.24, 2.45) is 0 Å². The van der Waals surface area contributed by atoms with Gasteiger partial charge in [-0.25, -0.2) is 0 Å². The van der Waals surface area contributed by atoms with Gasteiger partial charge in [0, 0.05) is 26.1 Å². The number of aromatic nitrogens is 3. The normalized spacial score (nSPS) is 14.6. The van der Waals surface area contributed by atoms with Crippen LogP contribution in [-0.4, -0.2) is 47.8 Å². The lowest BCUT2D eigenvalue weighted by molar-refractivity contribution is 0.122. The van der Waals surface area contributed by atoms with Crippen molar-refractivity contribution in [3.8, 4) is 6.07 Å². The van der Waals surface area contributed by atoms with E-state index < -0.39 is 0 Å². The number of hydrogen-bond donors (Lipinski definition) is 1. The third kappa shape index (κ3) is 3.51. The third-order valence-corrected chi connectivity index (χ3v) is 3.25. The Morgan fingerprint density at radius 1 is 1.27 bits per heavy atom. The number of anilines is 2. The molecule has 114 valence electrons. The third-order valence-electron chi connectivity index (χ3n) is 3.25. The van der Waals surface area contributed by atoms with E-state index >= 15 is 0 Å². The quantitative estimate of drug-likeness (QED) is 0.866. The van der Waals surface area contributed by atoms with Crippen molar-refractivity contribution in [1.82, 2.24) is 15.0 Å². The number of nitrogens with one attached hydrogen (secondary N) is 1. The van der Waals surface area contributed by atoms with Crippen molar-refractivity contribution < 1.29 is 9.15 Å². The molecular formula is C14H16N6O2. The molecular weight excluding hydrogens is 284 g/mol. The SMILES string of the molecule is N#Cc1nc(NCCc2ccco2)nc(N2CCOCC2)n1. The van der Waals surface area contributed by atoms with E-state index in [9.17, 15) is 0 Å². The van der Waals surface area contributed by atoms with Crippen molar-refractivity contribution in [3.05, 3.63) is 30.0 Å². The van der Waals surface area contributed by atoms with Gasteiger partial charge in [-0.2, -0.15) is 20.2 Å². The van der Waals surface area contributed by atoms with Crippen molar-refractivity contribution in [1.29, 1.82) is 5.26 Å². The lowest BCUT2D eigenvalue weighted by atomic mass is 10.3. The van der Waals surface area contributed by atoms with Gasteiger partial charge in [-0.05, 0) is 12.1 Å². The van der Waals surface area contributed by atoms with E-state index in [1.165, 1.54) is 0 Å². The summed E-state index contributed by atoms with van der Waals surface area (Å²) in [5, 5.41) is 12.2. The minimum Gasteiger partial charge on any atom is -0.469 e. The molecule has 0 bridgehead atoms. The van der Waals surface area contributed by atoms with E-state index in [2.05, 4.69) is 20.3 Å². The van der Waals surface area contributed by atoms with Gasteiger partial charge in [-0.15, -0.1) is 0 Å². The molecule has 1 aliphatic rings. The summed E-state index contributed by atoms with van der Waals surface area (Å²) in [4.78, 5) is 14.6. The molecule has 2 aromatic rings. The number of nitriles is 1. The second-order valence-electron chi connectivity index (χ2n) is 4.75. The average molecular weight is 300 g/mol. The van der Waals surface area contributed by atoms with Gasteiger partial charge in [-0.3, -0.25) is 0 Å². The van der Waals surface area contributed by atoms with Crippen molar-refractivity contribution in [2.45, 2.75) is 6.42 Å². The Balaban J connectivity index is 1.68. The molecule has 1 fully saturated rings. The highest BCUT2D eigenvalue weighted by Crippen LogP contribution is 2.12. The standard InChI is InChI=1S/C14H16N6O2/c15-10-12-17-13(16-4-3-11-2-1-7-22-11)19-14(18-12)20-5-8-21-9-6-20/h1-2,7H,3-6,8-9H2,(H,16,17,18,19). The molecule has 1 aliphatic heterocycles. The first kappa shape index (κ1) is 14.3. The molecule has 1 saturated heterocycles. The molecule has 0 aromatic carbocycles. The molecule has 3 heterocycles. The summed E-state index contributed by atoms with van der Waals surface area (Å²) in [5.41, 5.74) is 0. The summed E-state index contributed by atoms with van der Waals surface area (Å²) >= 11 is 0. The number of ether oxygens (including phenoxy) is 1. The first-order chi connectivity index (χ1) is 10.8. The molecule has 2 aromatic heterocycles. The van der Waals surface area contributed by atoms with Gasteiger partial charge in [-0.1, -0.05) is 0 Å². The molecule has 0 aliphatic carbocycles. The molecule has 0 atom stereocenters. The summed E-state index contributed by atoms with van der Waals surface area (Å²) in [7, 11) is 0. The van der Waals surface area contributed by atoms with Gasteiger partial charge >= 0.3 is 0 Å². The van der Waals surface area contributed by atoms with Crippen LogP contribution in [0.5, 0.6) is 0 Å². The van der Waals surface area contributed by atoms with Crippen molar-refractivity contribution >= 4 is 11.9 Å². The molecule has 22 heavy (non-hydrogen) atoms. The van der Waals surface area contributed by atoms with Gasteiger partial charge in [0.2, 0.25) is 17.7 Å². The highest BCUT2D eigenvalue weighted by molar-refractivity contribution is 5.39. The highest BCUT2D eigenvalue weighted by Gasteiger charge is 2.16. The van der Waals surface area contributed by atoms with Crippen LogP contribution in [-0.2, 0) is 11.2 Å². The zero-order valence-electron chi connectivity index (χ0n) is 12.0. The Bertz CT molecular complexity index is 646. The Kier molecular flexibility index (Phi) is 4.46. The Labute approximate surface area is 127 Å². The number of hydrogen-bond acceptors (Lipinski definition) is 8. The maximum atomic E-state index is 9.07. The maximum Gasteiger partial charge on any atom is 0.238 e. The maximum absolute atomic E-state index is 9.07. The van der Waals surface area contributed by atoms with Crippen LogP contribution < -0.4 is 10.2 Å². The van der Waals surface area contributed by atoms with Crippen LogP contribution in [0, 0.1) is 11.3 Å². The van der Waals surface area contributed by atoms with E-state index in [0.717, 1.165) is 5.76 Å². The van der Waals surface area contributed by atoms with Gasteiger partial charge in [0.05, 0.1) is 19.5 Å². The van der Waals surface area contributed by atoms with E-state index in [0.29, 0.717) is 51.2 Å². The van der Waals surface area contributed by atoms with Gasteiger partial charge < -0.3 is 19.4 Å². The predicted molar refractivity (Wildman–Crippen MR) is 78.5 cm³/mol. The lowest BCUT2D eigenvalue weighted by Gasteiger charge is -2.26. The lowest BCUT2D eigenvalue weighted by Crippen LogP contribution is -2.37. The summed E-state index contributed by atoms with van der Waals surface area (Å²) in [6.45, 7) is 3.30. The number of morpholine rings is 1. The summed E-state index contributed by atoms with van der Waals surface area (Å²) in [6.07, 6.45) is 2.36. The Hall–Kier alpha value is -2.66. The Morgan fingerprint density at radius 2 is 2.14 bits per heavy atom. The zero-order valence-corrected chi connectivity index (χ0v) is 12.0. The fraction of sp³-hybridized carbons (Fsp3) is 0.429. The van der Waals surface area contributed by atoms with Crippen LogP contribution in [0.3, 0.4) is 0 Å². The molecule has 0 amide bonds. The minimum atomic E-state index is 0.108. The second-order valence-corrected chi connectivity index (χ2v) is 4.75. The van der Waals surface area contributed by atoms with Gasteiger partial charge in [0.25, 0.3) is 0 Å². The molecule has 8 heteroatoms. The number of furan rings is 1. The first-order valence-electron chi connectivity index (χ1n) is 7.10. The molecule has 0 unspecified atom stereocenters. The van der Waals surface area contributed by atoms with Crippen LogP contribution in [0.2, 0.25) is 0 Å². The van der Waals surface area contributed by atoms with Crippen LogP contribution in [0.15, 0.2) is 22.8 Å². The molecule has 1 N–H and O–H groups in total. The van der Waals surface area contributed by atoms with E-state index in [4.69, 9.17) is 14.4 Å². The molecule has 8 nitrogen and oxygen atoms in total. The molecule has 0 spiro atoms. The van der Waals surface area contributed by atoms with E-state index in [1.807, 2.05) is 23.1 Å².